The molecular weight excluding hydrogens is 204 g/mol. The molecule has 2 unspecified atom stereocenters. The fourth-order valence-electron chi connectivity index (χ4n) is 2.55. The van der Waals surface area contributed by atoms with Gasteiger partial charge in [-0.1, -0.05) is 0 Å². The van der Waals surface area contributed by atoms with Gasteiger partial charge in [0.25, 0.3) is 0 Å². The van der Waals surface area contributed by atoms with Crippen LogP contribution in [0.1, 0.15) is 33.1 Å². The van der Waals surface area contributed by atoms with Gasteiger partial charge in [-0.2, -0.15) is 5.26 Å². The molecule has 1 heterocycles. The molecule has 0 radical (unpaired) electrons. The molecule has 2 fully saturated rings. The number of nitriles is 1. The Labute approximate surface area is 96.2 Å². The molecule has 0 spiro atoms. The molecule has 1 amide bonds. The summed E-state index contributed by atoms with van der Waals surface area (Å²) in [7, 11) is 0. The highest BCUT2D eigenvalue weighted by Gasteiger charge is 2.47. The van der Waals surface area contributed by atoms with Crippen LogP contribution < -0.4 is 0 Å². The first-order valence-electron chi connectivity index (χ1n) is 5.93. The molecule has 0 N–H and O–H groups in total. The molecule has 88 valence electrons. The number of nitrogens with zero attached hydrogens (tertiary/aromatic N) is 2. The van der Waals surface area contributed by atoms with Crippen molar-refractivity contribution in [3.63, 3.8) is 0 Å². The summed E-state index contributed by atoms with van der Waals surface area (Å²) >= 11 is 0. The third kappa shape index (κ3) is 1.80. The molecule has 16 heavy (non-hydrogen) atoms. The van der Waals surface area contributed by atoms with Crippen molar-refractivity contribution in [2.45, 2.75) is 45.3 Å². The second kappa shape index (κ2) is 4.06. The van der Waals surface area contributed by atoms with E-state index in [1.807, 2.05) is 13.8 Å². The number of carbonyl (C=O) groups is 1. The lowest BCUT2D eigenvalue weighted by atomic mass is 9.69. The Hall–Kier alpha value is -1.08. The van der Waals surface area contributed by atoms with Gasteiger partial charge in [0.15, 0.2) is 0 Å². The predicted molar refractivity (Wildman–Crippen MR) is 58.5 cm³/mol. The average Bonchev–Trinajstić information content (AvgIpc) is 2.15. The summed E-state index contributed by atoms with van der Waals surface area (Å²) in [5.74, 6) is 0.0169. The van der Waals surface area contributed by atoms with E-state index in [1.165, 1.54) is 0 Å². The zero-order chi connectivity index (χ0) is 11.8. The number of hydrogen-bond acceptors (Lipinski definition) is 3. The minimum absolute atomic E-state index is 0.0169. The van der Waals surface area contributed by atoms with Gasteiger partial charge in [0.1, 0.15) is 5.41 Å². The van der Waals surface area contributed by atoms with Crippen molar-refractivity contribution in [2.75, 3.05) is 13.1 Å². The van der Waals surface area contributed by atoms with E-state index in [0.29, 0.717) is 13.1 Å². The summed E-state index contributed by atoms with van der Waals surface area (Å²) in [5.41, 5.74) is -0.712. The quantitative estimate of drug-likeness (QED) is 0.672. The van der Waals surface area contributed by atoms with Crippen molar-refractivity contribution in [3.8, 4) is 6.07 Å². The van der Waals surface area contributed by atoms with Crippen molar-refractivity contribution >= 4 is 5.91 Å². The van der Waals surface area contributed by atoms with Gasteiger partial charge in [0.05, 0.1) is 18.3 Å². The molecule has 1 aliphatic carbocycles. The zero-order valence-corrected chi connectivity index (χ0v) is 9.90. The maximum absolute atomic E-state index is 12.3. The normalized spacial score (nSPS) is 32.7. The maximum atomic E-state index is 12.3. The first-order chi connectivity index (χ1) is 7.57. The van der Waals surface area contributed by atoms with E-state index < -0.39 is 5.41 Å². The molecule has 1 saturated heterocycles. The Kier molecular flexibility index (Phi) is 2.90. The Balaban J connectivity index is 2.07. The summed E-state index contributed by atoms with van der Waals surface area (Å²) in [6.45, 7) is 5.17. The Morgan fingerprint density at radius 1 is 1.38 bits per heavy atom. The van der Waals surface area contributed by atoms with Crippen LogP contribution in [0, 0.1) is 16.7 Å². The van der Waals surface area contributed by atoms with E-state index in [4.69, 9.17) is 10.00 Å². The minimum Gasteiger partial charge on any atom is -0.372 e. The van der Waals surface area contributed by atoms with Crippen LogP contribution in [0.2, 0.25) is 0 Å². The molecule has 2 aliphatic rings. The van der Waals surface area contributed by atoms with Crippen LogP contribution in [-0.4, -0.2) is 36.1 Å². The highest BCUT2D eigenvalue weighted by Crippen LogP contribution is 2.42. The molecular formula is C12H18N2O2. The van der Waals surface area contributed by atoms with E-state index in [-0.39, 0.29) is 18.1 Å². The van der Waals surface area contributed by atoms with E-state index in [9.17, 15) is 4.79 Å². The number of carbonyl (C=O) groups excluding carboxylic acids is 1. The molecule has 2 rings (SSSR count). The van der Waals surface area contributed by atoms with E-state index in [2.05, 4.69) is 6.07 Å². The van der Waals surface area contributed by atoms with Crippen molar-refractivity contribution in [2.24, 2.45) is 5.41 Å². The van der Waals surface area contributed by atoms with Crippen molar-refractivity contribution in [1.82, 2.24) is 4.90 Å². The fourth-order valence-corrected chi connectivity index (χ4v) is 2.55. The van der Waals surface area contributed by atoms with Crippen LogP contribution in [0.5, 0.6) is 0 Å². The van der Waals surface area contributed by atoms with E-state index in [1.54, 1.807) is 4.90 Å². The topological polar surface area (TPSA) is 53.3 Å². The number of morpholine rings is 1. The highest BCUT2D eigenvalue weighted by atomic mass is 16.5. The van der Waals surface area contributed by atoms with Crippen LogP contribution in [0.15, 0.2) is 0 Å². The molecule has 0 aromatic carbocycles. The maximum Gasteiger partial charge on any atom is 0.243 e. The van der Waals surface area contributed by atoms with Crippen LogP contribution in [0.4, 0.5) is 0 Å². The lowest BCUT2D eigenvalue weighted by Gasteiger charge is -2.42. The first kappa shape index (κ1) is 11.4. The number of ether oxygens (including phenoxy) is 1. The summed E-state index contributed by atoms with van der Waals surface area (Å²) in [5, 5.41) is 9.14. The predicted octanol–water partition coefficient (Wildman–Crippen LogP) is 1.32. The van der Waals surface area contributed by atoms with Gasteiger partial charge < -0.3 is 9.64 Å². The Morgan fingerprint density at radius 3 is 2.31 bits per heavy atom. The minimum atomic E-state index is -0.712. The van der Waals surface area contributed by atoms with Crippen LogP contribution in [0.3, 0.4) is 0 Å². The van der Waals surface area contributed by atoms with Gasteiger partial charge in [-0.15, -0.1) is 0 Å². The van der Waals surface area contributed by atoms with Gasteiger partial charge in [-0.3, -0.25) is 4.79 Å². The fraction of sp³-hybridized carbons (Fsp3) is 0.833. The number of rotatable bonds is 1. The molecule has 0 aromatic heterocycles. The summed E-state index contributed by atoms with van der Waals surface area (Å²) in [6, 6.07) is 2.21. The SMILES string of the molecule is CC1CN(C(=O)C2(C#N)CCC2)CC(C)O1. The molecule has 4 nitrogen and oxygen atoms in total. The van der Waals surface area contributed by atoms with E-state index >= 15 is 0 Å². The van der Waals surface area contributed by atoms with Crippen molar-refractivity contribution < 1.29 is 9.53 Å². The first-order valence-corrected chi connectivity index (χ1v) is 5.93. The number of amides is 1. The lowest BCUT2D eigenvalue weighted by Crippen LogP contribution is -2.54. The molecule has 2 atom stereocenters. The molecule has 0 aromatic rings. The van der Waals surface area contributed by atoms with Crippen LogP contribution >= 0.6 is 0 Å². The van der Waals surface area contributed by atoms with Crippen LogP contribution in [0.25, 0.3) is 0 Å². The highest BCUT2D eigenvalue weighted by molar-refractivity contribution is 5.86. The van der Waals surface area contributed by atoms with Gasteiger partial charge >= 0.3 is 0 Å². The summed E-state index contributed by atoms with van der Waals surface area (Å²) in [4.78, 5) is 14.1. The summed E-state index contributed by atoms with van der Waals surface area (Å²) < 4.78 is 5.59. The lowest BCUT2D eigenvalue weighted by molar-refractivity contribution is -0.154. The molecule has 1 saturated carbocycles. The van der Waals surface area contributed by atoms with E-state index in [0.717, 1.165) is 19.3 Å². The largest absolute Gasteiger partial charge is 0.372 e. The zero-order valence-electron chi connectivity index (χ0n) is 9.90. The Morgan fingerprint density at radius 2 is 1.94 bits per heavy atom. The summed E-state index contributed by atoms with van der Waals surface area (Å²) in [6.07, 6.45) is 2.59. The average molecular weight is 222 g/mol. The van der Waals surface area contributed by atoms with Gasteiger partial charge in [-0.05, 0) is 33.1 Å². The number of hydrogen-bond donors (Lipinski definition) is 0. The second-order valence-corrected chi connectivity index (χ2v) is 5.01. The smallest absolute Gasteiger partial charge is 0.243 e. The van der Waals surface area contributed by atoms with Gasteiger partial charge in [0, 0.05) is 13.1 Å². The third-order valence-electron chi connectivity index (χ3n) is 3.54. The third-order valence-corrected chi connectivity index (χ3v) is 3.54. The van der Waals surface area contributed by atoms with Gasteiger partial charge in [-0.25, -0.2) is 0 Å². The standard InChI is InChI=1S/C12H18N2O2/c1-9-6-14(7-10(2)16-9)11(15)12(8-13)4-3-5-12/h9-10H,3-7H2,1-2H3. The molecule has 0 bridgehead atoms. The Bertz CT molecular complexity index is 320. The van der Waals surface area contributed by atoms with Gasteiger partial charge in [0.2, 0.25) is 5.91 Å². The van der Waals surface area contributed by atoms with Crippen LogP contribution in [-0.2, 0) is 9.53 Å². The second-order valence-electron chi connectivity index (χ2n) is 5.01. The van der Waals surface area contributed by atoms with Crippen molar-refractivity contribution in [1.29, 1.82) is 5.26 Å². The molecule has 4 heteroatoms. The molecule has 1 aliphatic heterocycles. The van der Waals surface area contributed by atoms with Crippen molar-refractivity contribution in [3.05, 3.63) is 0 Å². The monoisotopic (exact) mass is 222 g/mol.